The minimum Gasteiger partial charge on any atom is -0.348 e. The molecule has 2 amide bonds. The molecule has 6 nitrogen and oxygen atoms in total. The molecule has 1 aliphatic rings. The molecule has 3 aromatic rings. The number of nitrogens with one attached hydrogen (secondary N) is 1. The first-order valence-corrected chi connectivity index (χ1v) is 10.0. The first-order chi connectivity index (χ1) is 14.2. The number of aryl methyl sites for hydroxylation is 1. The molecule has 1 saturated heterocycles. The van der Waals surface area contributed by atoms with Crippen LogP contribution < -0.4 is 5.32 Å². The van der Waals surface area contributed by atoms with Gasteiger partial charge in [-0.1, -0.05) is 30.3 Å². The van der Waals surface area contributed by atoms with Crippen molar-refractivity contribution in [1.29, 1.82) is 0 Å². The van der Waals surface area contributed by atoms with Crippen molar-refractivity contribution in [3.63, 3.8) is 0 Å². The third-order valence-electron chi connectivity index (χ3n) is 5.38. The van der Waals surface area contributed by atoms with E-state index in [1.54, 1.807) is 24.5 Å². The number of piperidine rings is 1. The largest absolute Gasteiger partial charge is 0.348 e. The monoisotopic (exact) mass is 388 g/mol. The van der Waals surface area contributed by atoms with Crippen LogP contribution in [0, 0.1) is 0 Å². The second-order valence-electron chi connectivity index (χ2n) is 7.38. The van der Waals surface area contributed by atoms with Gasteiger partial charge in [-0.25, -0.2) is 4.98 Å². The number of fused-ring (bicyclic) bond motifs is 1. The molecule has 1 N–H and O–H groups in total. The number of carbonyl (C=O) groups is 2. The molecule has 0 radical (unpaired) electrons. The Hall–Kier alpha value is -3.28. The minimum atomic E-state index is -0.169. The molecular weight excluding hydrogens is 364 g/mol. The fraction of sp³-hybridized carbons (Fsp3) is 0.304. The molecule has 148 valence electrons. The average Bonchev–Trinajstić information content (AvgIpc) is 2.78. The maximum Gasteiger partial charge on any atom is 0.270 e. The fourth-order valence-corrected chi connectivity index (χ4v) is 3.68. The molecule has 0 aliphatic carbocycles. The van der Waals surface area contributed by atoms with Crippen molar-refractivity contribution in [2.75, 3.05) is 13.1 Å². The van der Waals surface area contributed by atoms with Crippen LogP contribution in [0.4, 0.5) is 0 Å². The van der Waals surface area contributed by atoms with Gasteiger partial charge in [0.2, 0.25) is 5.91 Å². The Balaban J connectivity index is 1.26. The van der Waals surface area contributed by atoms with Crippen LogP contribution in [0.15, 0.2) is 60.9 Å². The van der Waals surface area contributed by atoms with Crippen molar-refractivity contribution in [2.45, 2.75) is 31.7 Å². The molecular formula is C23H24N4O2. The van der Waals surface area contributed by atoms with Crippen LogP contribution in [-0.4, -0.2) is 45.8 Å². The van der Waals surface area contributed by atoms with Gasteiger partial charge in [-0.3, -0.25) is 14.6 Å². The Bertz CT molecular complexity index is 998. The summed E-state index contributed by atoms with van der Waals surface area (Å²) in [4.78, 5) is 35.4. The van der Waals surface area contributed by atoms with Crippen molar-refractivity contribution in [2.24, 2.45) is 0 Å². The SMILES string of the molecule is O=C(NC1CCN(C(=O)CCc2ccccc2)CC1)c1ccc2cnccc2n1. The molecule has 0 unspecified atom stereocenters. The zero-order valence-corrected chi connectivity index (χ0v) is 16.3. The van der Waals surface area contributed by atoms with Crippen molar-refractivity contribution >= 4 is 22.7 Å². The number of pyridine rings is 2. The van der Waals surface area contributed by atoms with E-state index in [1.165, 1.54) is 5.56 Å². The lowest BCUT2D eigenvalue weighted by molar-refractivity contribution is -0.132. The first kappa shape index (κ1) is 19.1. The van der Waals surface area contributed by atoms with Gasteiger partial charge < -0.3 is 10.2 Å². The molecule has 2 aromatic heterocycles. The number of aromatic nitrogens is 2. The molecule has 0 saturated carbocycles. The Kier molecular flexibility index (Phi) is 5.79. The van der Waals surface area contributed by atoms with E-state index in [9.17, 15) is 9.59 Å². The van der Waals surface area contributed by atoms with Gasteiger partial charge in [0.05, 0.1) is 5.52 Å². The third kappa shape index (κ3) is 4.77. The van der Waals surface area contributed by atoms with Crippen molar-refractivity contribution in [3.05, 3.63) is 72.2 Å². The number of hydrogen-bond donors (Lipinski definition) is 1. The van der Waals surface area contributed by atoms with Gasteiger partial charge in [-0.2, -0.15) is 0 Å². The number of nitrogens with zero attached hydrogens (tertiary/aromatic N) is 3. The van der Waals surface area contributed by atoms with Gasteiger partial charge >= 0.3 is 0 Å². The maximum absolute atomic E-state index is 12.6. The molecule has 6 heteroatoms. The summed E-state index contributed by atoms with van der Waals surface area (Å²) in [5, 5.41) is 3.97. The van der Waals surface area contributed by atoms with Crippen LogP contribution in [0.5, 0.6) is 0 Å². The predicted molar refractivity (Wildman–Crippen MR) is 111 cm³/mol. The zero-order chi connectivity index (χ0) is 20.1. The number of rotatable bonds is 5. The van der Waals surface area contributed by atoms with E-state index in [1.807, 2.05) is 41.3 Å². The molecule has 0 atom stereocenters. The Labute approximate surface area is 170 Å². The molecule has 4 rings (SSSR count). The Morgan fingerprint density at radius 1 is 1.03 bits per heavy atom. The van der Waals surface area contributed by atoms with Crippen LogP contribution >= 0.6 is 0 Å². The summed E-state index contributed by atoms with van der Waals surface area (Å²) in [5.74, 6) is 0.0148. The van der Waals surface area contributed by atoms with Gasteiger partial charge in [0.25, 0.3) is 5.91 Å². The summed E-state index contributed by atoms with van der Waals surface area (Å²) in [6.07, 6.45) is 6.22. The maximum atomic E-state index is 12.6. The summed E-state index contributed by atoms with van der Waals surface area (Å²) in [6, 6.07) is 15.5. The van der Waals surface area contributed by atoms with E-state index in [2.05, 4.69) is 15.3 Å². The molecule has 1 aromatic carbocycles. The summed E-state index contributed by atoms with van der Waals surface area (Å²) < 4.78 is 0. The van der Waals surface area contributed by atoms with E-state index >= 15 is 0 Å². The van der Waals surface area contributed by atoms with Gasteiger partial charge in [-0.15, -0.1) is 0 Å². The number of amides is 2. The van der Waals surface area contributed by atoms with Crippen LogP contribution in [0.3, 0.4) is 0 Å². The fourth-order valence-electron chi connectivity index (χ4n) is 3.68. The van der Waals surface area contributed by atoms with E-state index in [-0.39, 0.29) is 17.9 Å². The highest BCUT2D eigenvalue weighted by atomic mass is 16.2. The van der Waals surface area contributed by atoms with Crippen molar-refractivity contribution in [1.82, 2.24) is 20.2 Å². The molecule has 29 heavy (non-hydrogen) atoms. The first-order valence-electron chi connectivity index (χ1n) is 10.0. The normalized spacial score (nSPS) is 14.7. The second-order valence-corrected chi connectivity index (χ2v) is 7.38. The summed E-state index contributed by atoms with van der Waals surface area (Å²) >= 11 is 0. The van der Waals surface area contributed by atoms with E-state index in [0.717, 1.165) is 30.2 Å². The molecule has 0 spiro atoms. The van der Waals surface area contributed by atoms with E-state index < -0.39 is 0 Å². The molecule has 0 bridgehead atoms. The number of likely N-dealkylation sites (tertiary alicyclic amines) is 1. The standard InChI is InChI=1S/C23H24N4O2/c28-22(9-6-17-4-2-1-3-5-17)27-14-11-19(12-15-27)25-23(29)21-8-7-18-16-24-13-10-20(18)26-21/h1-5,7-8,10,13,16,19H,6,9,11-12,14-15H2,(H,25,29). The lowest BCUT2D eigenvalue weighted by Gasteiger charge is -2.32. The topological polar surface area (TPSA) is 75.2 Å². The minimum absolute atomic E-state index is 0.0654. The highest BCUT2D eigenvalue weighted by molar-refractivity contribution is 5.94. The number of benzene rings is 1. The van der Waals surface area contributed by atoms with Gasteiger partial charge in [0.15, 0.2) is 0 Å². The van der Waals surface area contributed by atoms with Crippen LogP contribution in [0.25, 0.3) is 10.9 Å². The Morgan fingerprint density at radius 3 is 2.62 bits per heavy atom. The number of carbonyl (C=O) groups excluding carboxylic acids is 2. The van der Waals surface area contributed by atoms with Crippen LogP contribution in [0.2, 0.25) is 0 Å². The quantitative estimate of drug-likeness (QED) is 0.729. The molecule has 1 fully saturated rings. The molecule has 1 aliphatic heterocycles. The van der Waals surface area contributed by atoms with E-state index in [4.69, 9.17) is 0 Å². The Morgan fingerprint density at radius 2 is 1.83 bits per heavy atom. The second kappa shape index (κ2) is 8.82. The summed E-state index contributed by atoms with van der Waals surface area (Å²) in [5.41, 5.74) is 2.35. The highest BCUT2D eigenvalue weighted by Gasteiger charge is 2.24. The van der Waals surface area contributed by atoms with E-state index in [0.29, 0.717) is 25.2 Å². The van der Waals surface area contributed by atoms with Crippen molar-refractivity contribution in [3.8, 4) is 0 Å². The summed E-state index contributed by atoms with van der Waals surface area (Å²) in [7, 11) is 0. The van der Waals surface area contributed by atoms with Gasteiger partial charge in [-0.05, 0) is 43.0 Å². The zero-order valence-electron chi connectivity index (χ0n) is 16.3. The highest BCUT2D eigenvalue weighted by Crippen LogP contribution is 2.15. The summed E-state index contributed by atoms with van der Waals surface area (Å²) in [6.45, 7) is 1.35. The average molecular weight is 388 g/mol. The van der Waals surface area contributed by atoms with Gasteiger partial charge in [0, 0.05) is 43.3 Å². The van der Waals surface area contributed by atoms with Crippen LogP contribution in [-0.2, 0) is 11.2 Å². The third-order valence-corrected chi connectivity index (χ3v) is 5.38. The van der Waals surface area contributed by atoms with Crippen LogP contribution in [0.1, 0.15) is 35.3 Å². The lowest BCUT2D eigenvalue weighted by Crippen LogP contribution is -2.46. The van der Waals surface area contributed by atoms with Gasteiger partial charge in [0.1, 0.15) is 5.69 Å². The lowest BCUT2D eigenvalue weighted by atomic mass is 10.0. The molecule has 3 heterocycles. The van der Waals surface area contributed by atoms with Crippen molar-refractivity contribution < 1.29 is 9.59 Å². The predicted octanol–water partition coefficient (Wildman–Crippen LogP) is 2.98. The smallest absolute Gasteiger partial charge is 0.270 e. The number of hydrogen-bond acceptors (Lipinski definition) is 4.